The van der Waals surface area contributed by atoms with Crippen molar-refractivity contribution in [2.75, 3.05) is 5.32 Å². The molecule has 0 aliphatic carbocycles. The van der Waals surface area contributed by atoms with Crippen LogP contribution in [0.25, 0.3) is 11.0 Å². The fourth-order valence-corrected chi connectivity index (χ4v) is 2.36. The highest BCUT2D eigenvalue weighted by Gasteiger charge is 2.11. The summed E-state index contributed by atoms with van der Waals surface area (Å²) in [5.74, 6) is 0.856. The summed E-state index contributed by atoms with van der Waals surface area (Å²) in [5, 5.41) is 15.1. The van der Waals surface area contributed by atoms with E-state index >= 15 is 0 Å². The number of nitrogens with one attached hydrogen (secondary N) is 1. The van der Waals surface area contributed by atoms with E-state index in [1.807, 2.05) is 37.3 Å². The zero-order chi connectivity index (χ0) is 14.8. The highest BCUT2D eigenvalue weighted by atomic mass is 16.6. The molecule has 2 aromatic carbocycles. The lowest BCUT2D eigenvalue weighted by Gasteiger charge is -2.06. The van der Waals surface area contributed by atoms with Crippen LogP contribution in [0.15, 0.2) is 52.9 Å². The molecule has 0 amide bonds. The van der Waals surface area contributed by atoms with Crippen molar-refractivity contribution in [1.82, 2.24) is 0 Å². The van der Waals surface area contributed by atoms with Crippen molar-refractivity contribution in [2.45, 2.75) is 13.5 Å². The van der Waals surface area contributed by atoms with Crippen LogP contribution in [-0.4, -0.2) is 4.92 Å². The average molecular weight is 282 g/mol. The molecule has 0 unspecified atom stereocenters. The Morgan fingerprint density at radius 3 is 2.81 bits per heavy atom. The lowest BCUT2D eigenvalue weighted by Crippen LogP contribution is -2.00. The Balaban J connectivity index is 1.85. The van der Waals surface area contributed by atoms with Crippen LogP contribution in [0.5, 0.6) is 0 Å². The fraction of sp³-hybridized carbons (Fsp3) is 0.125. The second kappa shape index (κ2) is 5.28. The van der Waals surface area contributed by atoms with Gasteiger partial charge in [0.2, 0.25) is 0 Å². The van der Waals surface area contributed by atoms with Crippen LogP contribution < -0.4 is 5.32 Å². The fourth-order valence-electron chi connectivity index (χ4n) is 2.36. The van der Waals surface area contributed by atoms with Gasteiger partial charge in [-0.3, -0.25) is 10.1 Å². The maximum absolute atomic E-state index is 10.8. The number of para-hydroxylation sites is 1. The quantitative estimate of drug-likeness (QED) is 0.573. The van der Waals surface area contributed by atoms with E-state index in [2.05, 4.69) is 5.32 Å². The third-order valence-electron chi connectivity index (χ3n) is 3.43. The van der Waals surface area contributed by atoms with Gasteiger partial charge in [-0.15, -0.1) is 0 Å². The molecule has 0 bridgehead atoms. The van der Waals surface area contributed by atoms with Gasteiger partial charge in [-0.25, -0.2) is 0 Å². The molecular weight excluding hydrogens is 268 g/mol. The van der Waals surface area contributed by atoms with Gasteiger partial charge in [0.25, 0.3) is 5.69 Å². The molecule has 0 spiro atoms. The van der Waals surface area contributed by atoms with E-state index in [0.717, 1.165) is 22.3 Å². The summed E-state index contributed by atoms with van der Waals surface area (Å²) in [6, 6.07) is 14.3. The number of nitro groups is 1. The molecule has 3 rings (SSSR count). The van der Waals surface area contributed by atoms with Crippen LogP contribution in [0.2, 0.25) is 0 Å². The largest absolute Gasteiger partial charge is 0.461 e. The Kier molecular flexibility index (Phi) is 3.31. The van der Waals surface area contributed by atoms with E-state index in [1.54, 1.807) is 6.07 Å². The van der Waals surface area contributed by atoms with Crippen molar-refractivity contribution < 1.29 is 9.34 Å². The van der Waals surface area contributed by atoms with Crippen LogP contribution in [0.3, 0.4) is 0 Å². The number of rotatable bonds is 4. The molecule has 0 aliphatic heterocycles. The lowest BCUT2D eigenvalue weighted by atomic mass is 10.1. The van der Waals surface area contributed by atoms with Gasteiger partial charge in [-0.2, -0.15) is 0 Å². The topological polar surface area (TPSA) is 68.3 Å². The normalized spacial score (nSPS) is 10.7. The molecule has 0 radical (unpaired) electrons. The van der Waals surface area contributed by atoms with Gasteiger partial charge in [0.15, 0.2) is 0 Å². The summed E-state index contributed by atoms with van der Waals surface area (Å²) in [4.78, 5) is 10.4. The standard InChI is InChI=1S/C16H14N2O3/c1-11-15(14-7-2-3-8-16(14)21-11)10-17-12-5-4-6-13(9-12)18(19)20/h2-9,17H,10H2,1H3. The molecule has 1 N–H and O–H groups in total. The molecule has 106 valence electrons. The molecule has 0 atom stereocenters. The molecule has 0 saturated carbocycles. The minimum atomic E-state index is -0.399. The first kappa shape index (κ1) is 13.2. The van der Waals surface area contributed by atoms with Crippen LogP contribution in [-0.2, 0) is 6.54 Å². The predicted molar refractivity (Wildman–Crippen MR) is 81.4 cm³/mol. The number of fused-ring (bicyclic) bond motifs is 1. The van der Waals surface area contributed by atoms with Crippen molar-refractivity contribution in [3.8, 4) is 0 Å². The smallest absolute Gasteiger partial charge is 0.271 e. The summed E-state index contributed by atoms with van der Waals surface area (Å²) in [6.45, 7) is 2.48. The summed E-state index contributed by atoms with van der Waals surface area (Å²) >= 11 is 0. The van der Waals surface area contributed by atoms with Crippen LogP contribution in [0.1, 0.15) is 11.3 Å². The second-order valence-corrected chi connectivity index (χ2v) is 4.79. The monoisotopic (exact) mass is 282 g/mol. The molecule has 0 aliphatic rings. The minimum absolute atomic E-state index is 0.0776. The molecule has 21 heavy (non-hydrogen) atoms. The predicted octanol–water partition coefficient (Wildman–Crippen LogP) is 4.26. The van der Waals surface area contributed by atoms with E-state index in [0.29, 0.717) is 12.2 Å². The Bertz CT molecular complexity index is 808. The Morgan fingerprint density at radius 1 is 1.19 bits per heavy atom. The van der Waals surface area contributed by atoms with Gasteiger partial charge in [-0.1, -0.05) is 24.3 Å². The van der Waals surface area contributed by atoms with Crippen molar-refractivity contribution in [2.24, 2.45) is 0 Å². The summed E-state index contributed by atoms with van der Waals surface area (Å²) in [7, 11) is 0. The molecule has 0 saturated heterocycles. The summed E-state index contributed by atoms with van der Waals surface area (Å²) < 4.78 is 5.70. The Morgan fingerprint density at radius 2 is 2.00 bits per heavy atom. The average Bonchev–Trinajstić information content (AvgIpc) is 2.81. The number of nitro benzene ring substituents is 1. The summed E-state index contributed by atoms with van der Waals surface area (Å²) in [6.07, 6.45) is 0. The Labute approximate surface area is 121 Å². The molecule has 0 fully saturated rings. The molecular formula is C16H14N2O3. The number of anilines is 1. The summed E-state index contributed by atoms with van der Waals surface area (Å²) in [5.41, 5.74) is 2.71. The zero-order valence-electron chi connectivity index (χ0n) is 11.5. The number of aryl methyl sites for hydroxylation is 1. The van der Waals surface area contributed by atoms with Crippen molar-refractivity contribution in [3.63, 3.8) is 0 Å². The number of nitrogens with zero attached hydrogens (tertiary/aromatic N) is 1. The number of furan rings is 1. The number of benzene rings is 2. The third kappa shape index (κ3) is 2.58. The van der Waals surface area contributed by atoms with Gasteiger partial charge in [0, 0.05) is 35.3 Å². The van der Waals surface area contributed by atoms with Crippen LogP contribution in [0.4, 0.5) is 11.4 Å². The Hall–Kier alpha value is -2.82. The van der Waals surface area contributed by atoms with Crippen molar-refractivity contribution in [1.29, 1.82) is 0 Å². The molecule has 3 aromatic rings. The number of hydrogen-bond donors (Lipinski definition) is 1. The zero-order valence-corrected chi connectivity index (χ0v) is 11.5. The van der Waals surface area contributed by atoms with Crippen molar-refractivity contribution >= 4 is 22.3 Å². The molecule has 1 heterocycles. The maximum Gasteiger partial charge on any atom is 0.271 e. The van der Waals surface area contributed by atoms with Crippen LogP contribution >= 0.6 is 0 Å². The third-order valence-corrected chi connectivity index (χ3v) is 3.43. The molecule has 5 nitrogen and oxygen atoms in total. The number of hydrogen-bond acceptors (Lipinski definition) is 4. The van der Waals surface area contributed by atoms with Gasteiger partial charge < -0.3 is 9.73 Å². The van der Waals surface area contributed by atoms with E-state index in [4.69, 9.17) is 4.42 Å². The lowest BCUT2D eigenvalue weighted by molar-refractivity contribution is -0.384. The maximum atomic E-state index is 10.8. The van der Waals surface area contributed by atoms with Gasteiger partial charge >= 0.3 is 0 Å². The van der Waals surface area contributed by atoms with E-state index in [1.165, 1.54) is 12.1 Å². The SMILES string of the molecule is Cc1oc2ccccc2c1CNc1cccc([N+](=O)[O-])c1. The second-order valence-electron chi connectivity index (χ2n) is 4.79. The highest BCUT2D eigenvalue weighted by Crippen LogP contribution is 2.26. The highest BCUT2D eigenvalue weighted by molar-refractivity contribution is 5.82. The first-order valence-electron chi connectivity index (χ1n) is 6.60. The first-order valence-corrected chi connectivity index (χ1v) is 6.60. The van der Waals surface area contributed by atoms with E-state index in [9.17, 15) is 10.1 Å². The molecule has 5 heteroatoms. The number of non-ortho nitro benzene ring substituents is 1. The minimum Gasteiger partial charge on any atom is -0.461 e. The van der Waals surface area contributed by atoms with E-state index in [-0.39, 0.29) is 5.69 Å². The van der Waals surface area contributed by atoms with E-state index < -0.39 is 4.92 Å². The first-order chi connectivity index (χ1) is 10.1. The van der Waals surface area contributed by atoms with Crippen LogP contribution in [0, 0.1) is 17.0 Å². The van der Waals surface area contributed by atoms with Crippen molar-refractivity contribution in [3.05, 3.63) is 70.0 Å². The van der Waals surface area contributed by atoms with Gasteiger partial charge in [0.1, 0.15) is 11.3 Å². The molecule has 1 aromatic heterocycles. The van der Waals surface area contributed by atoms with Gasteiger partial charge in [0.05, 0.1) is 4.92 Å². The van der Waals surface area contributed by atoms with Gasteiger partial charge in [-0.05, 0) is 19.1 Å².